The minimum atomic E-state index is 0.646. The van der Waals surface area contributed by atoms with Crippen LogP contribution in [-0.2, 0) is 6.54 Å². The van der Waals surface area contributed by atoms with E-state index in [9.17, 15) is 0 Å². The van der Waals surface area contributed by atoms with Crippen LogP contribution in [0.3, 0.4) is 0 Å². The predicted octanol–water partition coefficient (Wildman–Crippen LogP) is 3.58. The summed E-state index contributed by atoms with van der Waals surface area (Å²) in [5, 5.41) is 8.40. The van der Waals surface area contributed by atoms with Gasteiger partial charge in [0, 0.05) is 12.7 Å². The van der Waals surface area contributed by atoms with Crippen molar-refractivity contribution in [2.75, 3.05) is 6.54 Å². The molecule has 0 amide bonds. The van der Waals surface area contributed by atoms with Crippen molar-refractivity contribution in [3.05, 3.63) is 46.7 Å². The van der Waals surface area contributed by atoms with Gasteiger partial charge in [0.15, 0.2) is 0 Å². The second-order valence-electron chi connectivity index (χ2n) is 5.26. The molecule has 0 aliphatic carbocycles. The molecule has 0 saturated carbocycles. The molecule has 1 aromatic heterocycles. The summed E-state index contributed by atoms with van der Waals surface area (Å²) < 4.78 is 1.83. The van der Waals surface area contributed by atoms with Gasteiger partial charge in [-0.05, 0) is 31.0 Å². The van der Waals surface area contributed by atoms with Crippen LogP contribution in [0.2, 0.25) is 5.02 Å². The van der Waals surface area contributed by atoms with Gasteiger partial charge in [-0.2, -0.15) is 5.10 Å². The zero-order valence-electron chi connectivity index (χ0n) is 11.7. The van der Waals surface area contributed by atoms with E-state index in [4.69, 9.17) is 11.6 Å². The van der Waals surface area contributed by atoms with Crippen molar-refractivity contribution in [2.24, 2.45) is 5.92 Å². The number of hydrogen-bond donors (Lipinski definition) is 1. The summed E-state index contributed by atoms with van der Waals surface area (Å²) in [7, 11) is 0. The maximum Gasteiger partial charge on any atom is 0.0790 e. The Morgan fingerprint density at radius 2 is 2.16 bits per heavy atom. The molecule has 3 nitrogen and oxygen atoms in total. The lowest BCUT2D eigenvalue weighted by molar-refractivity contribution is 0.551. The van der Waals surface area contributed by atoms with Crippen LogP contribution in [0.5, 0.6) is 0 Å². The molecule has 1 aromatic carbocycles. The maximum absolute atomic E-state index is 5.94. The average Bonchev–Trinajstić information content (AvgIpc) is 2.75. The lowest BCUT2D eigenvalue weighted by atomic mass is 10.1. The maximum atomic E-state index is 5.94. The summed E-state index contributed by atoms with van der Waals surface area (Å²) in [5.74, 6) is 0.646. The Bertz CT molecular complexity index is 546. The standard InChI is InChI=1S/C15H20ClN3/c1-11(2)7-17-8-13-6-12(3)4-5-15(13)19-10-14(16)9-18-19/h4-6,9-11,17H,7-8H2,1-3H3. The molecule has 1 heterocycles. The zero-order valence-corrected chi connectivity index (χ0v) is 12.4. The summed E-state index contributed by atoms with van der Waals surface area (Å²) in [5.41, 5.74) is 3.57. The van der Waals surface area contributed by atoms with E-state index in [0.29, 0.717) is 10.9 Å². The van der Waals surface area contributed by atoms with Gasteiger partial charge < -0.3 is 5.32 Å². The Kier molecular flexibility index (Phi) is 4.61. The van der Waals surface area contributed by atoms with Gasteiger partial charge in [-0.3, -0.25) is 0 Å². The van der Waals surface area contributed by atoms with Gasteiger partial charge in [0.1, 0.15) is 0 Å². The molecule has 0 aliphatic heterocycles. The second kappa shape index (κ2) is 6.22. The van der Waals surface area contributed by atoms with Crippen molar-refractivity contribution in [3.8, 4) is 5.69 Å². The normalized spacial score (nSPS) is 11.2. The van der Waals surface area contributed by atoms with E-state index >= 15 is 0 Å². The number of halogens is 1. The largest absolute Gasteiger partial charge is 0.312 e. The minimum Gasteiger partial charge on any atom is -0.312 e. The number of aryl methyl sites for hydroxylation is 1. The third kappa shape index (κ3) is 3.82. The molecule has 0 atom stereocenters. The number of nitrogens with zero attached hydrogens (tertiary/aromatic N) is 2. The average molecular weight is 278 g/mol. The fraction of sp³-hybridized carbons (Fsp3) is 0.400. The SMILES string of the molecule is Cc1ccc(-n2cc(Cl)cn2)c(CNCC(C)C)c1. The van der Waals surface area contributed by atoms with Gasteiger partial charge in [-0.15, -0.1) is 0 Å². The molecular formula is C15H20ClN3. The number of benzene rings is 1. The Morgan fingerprint density at radius 3 is 2.79 bits per heavy atom. The van der Waals surface area contributed by atoms with E-state index in [-0.39, 0.29) is 0 Å². The predicted molar refractivity (Wildman–Crippen MR) is 79.9 cm³/mol. The fourth-order valence-corrected chi connectivity index (χ4v) is 2.14. The van der Waals surface area contributed by atoms with Crippen molar-refractivity contribution < 1.29 is 0 Å². The molecule has 0 radical (unpaired) electrons. The fourth-order valence-electron chi connectivity index (χ4n) is 2.01. The molecule has 19 heavy (non-hydrogen) atoms. The molecule has 102 valence electrons. The lowest BCUT2D eigenvalue weighted by Crippen LogP contribution is -2.20. The van der Waals surface area contributed by atoms with Crippen LogP contribution in [0.25, 0.3) is 5.69 Å². The summed E-state index contributed by atoms with van der Waals surface area (Å²) in [6.45, 7) is 8.36. The monoisotopic (exact) mass is 277 g/mol. The van der Waals surface area contributed by atoms with Crippen molar-refractivity contribution in [3.63, 3.8) is 0 Å². The molecule has 0 saturated heterocycles. The van der Waals surface area contributed by atoms with Crippen molar-refractivity contribution >= 4 is 11.6 Å². The molecular weight excluding hydrogens is 258 g/mol. The van der Waals surface area contributed by atoms with Crippen molar-refractivity contribution in [2.45, 2.75) is 27.3 Å². The summed E-state index contributed by atoms with van der Waals surface area (Å²) in [6.07, 6.45) is 3.49. The van der Waals surface area contributed by atoms with Gasteiger partial charge in [-0.25, -0.2) is 4.68 Å². The second-order valence-corrected chi connectivity index (χ2v) is 5.70. The first-order chi connectivity index (χ1) is 9.06. The van der Waals surface area contributed by atoms with E-state index in [1.54, 1.807) is 6.20 Å². The molecule has 0 spiro atoms. The Morgan fingerprint density at radius 1 is 1.37 bits per heavy atom. The van der Waals surface area contributed by atoms with E-state index in [0.717, 1.165) is 18.8 Å². The molecule has 2 aromatic rings. The topological polar surface area (TPSA) is 29.9 Å². The van der Waals surface area contributed by atoms with Crippen LogP contribution in [0.15, 0.2) is 30.6 Å². The Hall–Kier alpha value is -1.32. The molecule has 1 N–H and O–H groups in total. The highest BCUT2D eigenvalue weighted by Gasteiger charge is 2.07. The first kappa shape index (κ1) is 14.1. The molecule has 0 unspecified atom stereocenters. The molecule has 0 aliphatic rings. The number of nitrogens with one attached hydrogen (secondary N) is 1. The molecule has 0 fully saturated rings. The highest BCUT2D eigenvalue weighted by atomic mass is 35.5. The highest BCUT2D eigenvalue weighted by molar-refractivity contribution is 6.30. The van der Waals surface area contributed by atoms with E-state index < -0.39 is 0 Å². The van der Waals surface area contributed by atoms with E-state index in [2.05, 4.69) is 49.4 Å². The zero-order chi connectivity index (χ0) is 13.8. The van der Waals surface area contributed by atoms with Crippen LogP contribution in [0.4, 0.5) is 0 Å². The van der Waals surface area contributed by atoms with Gasteiger partial charge in [0.05, 0.1) is 16.9 Å². The first-order valence-electron chi connectivity index (χ1n) is 6.57. The van der Waals surface area contributed by atoms with Crippen LogP contribution in [0.1, 0.15) is 25.0 Å². The van der Waals surface area contributed by atoms with Crippen LogP contribution < -0.4 is 5.32 Å². The Labute approximate surface area is 119 Å². The van der Waals surface area contributed by atoms with Gasteiger partial charge >= 0.3 is 0 Å². The summed E-state index contributed by atoms with van der Waals surface area (Å²) in [4.78, 5) is 0. The van der Waals surface area contributed by atoms with Crippen LogP contribution in [-0.4, -0.2) is 16.3 Å². The van der Waals surface area contributed by atoms with E-state index in [1.807, 2.05) is 10.9 Å². The molecule has 2 rings (SSSR count). The van der Waals surface area contributed by atoms with Crippen LogP contribution >= 0.6 is 11.6 Å². The third-order valence-electron chi connectivity index (χ3n) is 2.90. The number of hydrogen-bond acceptors (Lipinski definition) is 2. The third-order valence-corrected chi connectivity index (χ3v) is 3.10. The smallest absolute Gasteiger partial charge is 0.0790 e. The number of aromatic nitrogens is 2. The number of rotatable bonds is 5. The highest BCUT2D eigenvalue weighted by Crippen LogP contribution is 2.18. The summed E-state index contributed by atoms with van der Waals surface area (Å²) >= 11 is 5.94. The van der Waals surface area contributed by atoms with Crippen molar-refractivity contribution in [1.82, 2.24) is 15.1 Å². The molecule has 4 heteroatoms. The van der Waals surface area contributed by atoms with Crippen LogP contribution in [0, 0.1) is 12.8 Å². The van der Waals surface area contributed by atoms with Gasteiger partial charge in [-0.1, -0.05) is 43.1 Å². The van der Waals surface area contributed by atoms with Gasteiger partial charge in [0.2, 0.25) is 0 Å². The minimum absolute atomic E-state index is 0.646. The lowest BCUT2D eigenvalue weighted by Gasteiger charge is -2.13. The summed E-state index contributed by atoms with van der Waals surface area (Å²) in [6, 6.07) is 6.38. The Balaban J connectivity index is 2.23. The van der Waals surface area contributed by atoms with E-state index in [1.165, 1.54) is 11.1 Å². The first-order valence-corrected chi connectivity index (χ1v) is 6.95. The van der Waals surface area contributed by atoms with Gasteiger partial charge in [0.25, 0.3) is 0 Å². The van der Waals surface area contributed by atoms with Crippen molar-refractivity contribution in [1.29, 1.82) is 0 Å². The quantitative estimate of drug-likeness (QED) is 0.905. The molecule has 0 bridgehead atoms.